The van der Waals surface area contributed by atoms with Gasteiger partial charge < -0.3 is 29.7 Å². The monoisotopic (exact) mass is 654 g/mol. The molecule has 3 N–H and O–H groups in total. The Bertz CT molecular complexity index is 1650. The summed E-state index contributed by atoms with van der Waals surface area (Å²) in [5.74, 6) is 2.49. The maximum atomic E-state index is 9.58. The highest BCUT2D eigenvalue weighted by atomic mass is 16.5. The zero-order chi connectivity index (χ0) is 33.1. The number of nitrogens with two attached hydrogens (primary N) is 1. The molecule has 1 atom stereocenters. The van der Waals surface area contributed by atoms with Gasteiger partial charge in [-0.3, -0.25) is 14.6 Å². The molecule has 0 amide bonds. The third-order valence-electron chi connectivity index (χ3n) is 8.72. The molecule has 6 rings (SSSR count). The first-order valence-electron chi connectivity index (χ1n) is 16.5. The molecule has 1 aliphatic carbocycles. The molecule has 4 aromatic rings. The fraction of sp³-hybridized carbons (Fsp3) is 0.471. The van der Waals surface area contributed by atoms with E-state index in [1.807, 2.05) is 29.9 Å². The first kappa shape index (κ1) is 32.9. The molecule has 0 unspecified atom stereocenters. The molecule has 0 bridgehead atoms. The van der Waals surface area contributed by atoms with Crippen LogP contribution in [0.1, 0.15) is 44.1 Å². The minimum absolute atomic E-state index is 0.257. The number of morpholine rings is 1. The largest absolute Gasteiger partial charge is 0.487 e. The van der Waals surface area contributed by atoms with E-state index in [-0.39, 0.29) is 6.10 Å². The van der Waals surface area contributed by atoms with Crippen LogP contribution in [0.2, 0.25) is 0 Å². The topological polar surface area (TPSA) is 175 Å². The Morgan fingerprint density at radius 1 is 1.15 bits per heavy atom. The minimum Gasteiger partial charge on any atom is -0.487 e. The van der Waals surface area contributed by atoms with Crippen molar-refractivity contribution in [3.63, 3.8) is 0 Å². The van der Waals surface area contributed by atoms with Gasteiger partial charge in [-0.05, 0) is 56.2 Å². The number of oxazole rings is 1. The van der Waals surface area contributed by atoms with Crippen LogP contribution in [0.25, 0.3) is 11.1 Å². The lowest BCUT2D eigenvalue weighted by atomic mass is 9.85. The van der Waals surface area contributed by atoms with Crippen molar-refractivity contribution < 1.29 is 18.6 Å². The van der Waals surface area contributed by atoms with E-state index in [4.69, 9.17) is 29.5 Å². The Morgan fingerprint density at radius 3 is 2.69 bits per heavy atom. The second-order valence-electron chi connectivity index (χ2n) is 12.1. The number of aliphatic imine (C=N–C) groups is 1. The first-order chi connectivity index (χ1) is 23.6. The van der Waals surface area contributed by atoms with Gasteiger partial charge in [0.1, 0.15) is 29.9 Å². The lowest BCUT2D eigenvalue weighted by molar-refractivity contribution is 0.00418. The van der Waals surface area contributed by atoms with Crippen molar-refractivity contribution in [2.24, 2.45) is 16.6 Å². The highest BCUT2D eigenvalue weighted by Gasteiger charge is 2.27. The third-order valence-corrected chi connectivity index (χ3v) is 8.72. The maximum absolute atomic E-state index is 9.58. The second kappa shape index (κ2) is 16.2. The SMILES string of the molecule is C[C@@H](CN=CN)Oc1cc(-c2cnc(Nc3cn(CC4CCC(N5CCOCC5)CC4)nc3OCCc3ncco3)nc2)ccc1C#N. The Balaban J connectivity index is 1.12. The number of aromatic nitrogens is 5. The fourth-order valence-electron chi connectivity index (χ4n) is 6.22. The van der Waals surface area contributed by atoms with E-state index in [9.17, 15) is 5.26 Å². The summed E-state index contributed by atoms with van der Waals surface area (Å²) in [6.07, 6.45) is 14.8. The van der Waals surface area contributed by atoms with E-state index in [0.717, 1.165) is 56.8 Å². The standard InChI is InChI=1S/C34H42N10O4/c1-24(18-37-23-36)48-31-16-26(4-5-27(31)17-35)28-19-39-34(40-20-28)41-30-22-44(42-33(30)47-12-8-32-38-9-13-46-32)21-25-2-6-29(7-3-25)43-10-14-45-15-11-43/h4-5,9,13,16,19-20,22-25,29H,2-3,6-8,10-12,14-15,18,21H2,1H3,(H2,36,37)(H,39,40,41)/t24-,25?,29?/m0/s1. The third kappa shape index (κ3) is 8.67. The molecule has 0 spiro atoms. The van der Waals surface area contributed by atoms with E-state index in [1.165, 1.54) is 19.2 Å². The zero-order valence-corrected chi connectivity index (χ0v) is 27.2. The van der Waals surface area contributed by atoms with E-state index in [1.54, 1.807) is 30.9 Å². The summed E-state index contributed by atoms with van der Waals surface area (Å²) in [5.41, 5.74) is 8.06. The van der Waals surface area contributed by atoms with Crippen LogP contribution in [0.3, 0.4) is 0 Å². The van der Waals surface area contributed by atoms with Gasteiger partial charge in [0.15, 0.2) is 5.89 Å². The van der Waals surface area contributed by atoms with Gasteiger partial charge >= 0.3 is 0 Å². The Kier molecular flexibility index (Phi) is 11.1. The molecule has 1 aromatic carbocycles. The van der Waals surface area contributed by atoms with Gasteiger partial charge in [-0.25, -0.2) is 15.0 Å². The smallest absolute Gasteiger partial charge is 0.256 e. The van der Waals surface area contributed by atoms with Crippen molar-refractivity contribution >= 4 is 18.0 Å². The second-order valence-corrected chi connectivity index (χ2v) is 12.1. The molecule has 252 valence electrons. The summed E-state index contributed by atoms with van der Waals surface area (Å²) in [6, 6.07) is 8.21. The van der Waals surface area contributed by atoms with Crippen molar-refractivity contribution in [1.29, 1.82) is 5.26 Å². The van der Waals surface area contributed by atoms with Gasteiger partial charge in [-0.1, -0.05) is 6.07 Å². The van der Waals surface area contributed by atoms with Crippen LogP contribution in [-0.2, 0) is 17.7 Å². The summed E-state index contributed by atoms with van der Waals surface area (Å²) in [7, 11) is 0. The number of benzene rings is 1. The Labute approximate surface area is 279 Å². The van der Waals surface area contributed by atoms with Gasteiger partial charge in [0.2, 0.25) is 5.95 Å². The van der Waals surface area contributed by atoms with Crippen molar-refractivity contribution in [3.05, 3.63) is 60.7 Å². The van der Waals surface area contributed by atoms with Crippen molar-refractivity contribution in [1.82, 2.24) is 29.6 Å². The molecule has 0 radical (unpaired) electrons. The molecule has 1 aliphatic heterocycles. The minimum atomic E-state index is -0.257. The summed E-state index contributed by atoms with van der Waals surface area (Å²) < 4.78 is 25.0. The van der Waals surface area contributed by atoms with Crippen molar-refractivity contribution in [2.45, 2.75) is 57.7 Å². The van der Waals surface area contributed by atoms with E-state index < -0.39 is 0 Å². The molecule has 14 nitrogen and oxygen atoms in total. The number of nitrogens with zero attached hydrogens (tertiary/aromatic N) is 8. The van der Waals surface area contributed by atoms with Gasteiger partial charge in [-0.2, -0.15) is 5.26 Å². The highest BCUT2D eigenvalue weighted by molar-refractivity contribution is 5.67. The molecule has 2 aliphatic rings. The van der Waals surface area contributed by atoms with Crippen LogP contribution in [0.5, 0.6) is 11.6 Å². The molecule has 4 heterocycles. The van der Waals surface area contributed by atoms with E-state index in [2.05, 4.69) is 36.2 Å². The fourth-order valence-corrected chi connectivity index (χ4v) is 6.22. The predicted octanol–water partition coefficient (Wildman–Crippen LogP) is 4.21. The van der Waals surface area contributed by atoms with Crippen LogP contribution in [0, 0.1) is 17.2 Å². The quantitative estimate of drug-likeness (QED) is 0.147. The number of ether oxygens (including phenoxy) is 3. The molecule has 3 aromatic heterocycles. The number of nitriles is 1. The van der Waals surface area contributed by atoms with Gasteiger partial charge in [0.05, 0.1) is 57.1 Å². The zero-order valence-electron chi connectivity index (χ0n) is 27.2. The van der Waals surface area contributed by atoms with Gasteiger partial charge in [0, 0.05) is 43.6 Å². The number of hydrogen-bond acceptors (Lipinski definition) is 12. The van der Waals surface area contributed by atoms with Crippen molar-refractivity contribution in [2.75, 3.05) is 44.8 Å². The molecule has 1 saturated heterocycles. The Hall–Kier alpha value is -5.00. The average molecular weight is 655 g/mol. The molecular formula is C34H42N10O4. The first-order valence-corrected chi connectivity index (χ1v) is 16.5. The van der Waals surface area contributed by atoms with E-state index >= 15 is 0 Å². The predicted molar refractivity (Wildman–Crippen MR) is 179 cm³/mol. The van der Waals surface area contributed by atoms with Crippen LogP contribution in [0.4, 0.5) is 11.6 Å². The summed E-state index contributed by atoms with van der Waals surface area (Å²) in [5, 5.41) is 17.7. The number of rotatable bonds is 14. The summed E-state index contributed by atoms with van der Waals surface area (Å²) in [6.45, 7) is 7.17. The van der Waals surface area contributed by atoms with Crippen LogP contribution in [0.15, 0.2) is 58.7 Å². The van der Waals surface area contributed by atoms with Crippen LogP contribution >= 0.6 is 0 Å². The van der Waals surface area contributed by atoms with E-state index in [0.29, 0.717) is 66.3 Å². The Morgan fingerprint density at radius 2 is 1.96 bits per heavy atom. The van der Waals surface area contributed by atoms with Gasteiger partial charge in [-0.15, -0.1) is 5.10 Å². The number of nitrogens with one attached hydrogen (secondary N) is 1. The van der Waals surface area contributed by atoms with Gasteiger partial charge in [0.25, 0.3) is 5.88 Å². The molecule has 2 fully saturated rings. The molecule has 48 heavy (non-hydrogen) atoms. The lowest BCUT2D eigenvalue weighted by Crippen LogP contribution is -2.45. The van der Waals surface area contributed by atoms with Crippen LogP contribution < -0.4 is 20.5 Å². The average Bonchev–Trinajstić information content (AvgIpc) is 3.78. The molecule has 14 heteroatoms. The lowest BCUT2D eigenvalue weighted by Gasteiger charge is -2.38. The summed E-state index contributed by atoms with van der Waals surface area (Å²) >= 11 is 0. The highest BCUT2D eigenvalue weighted by Crippen LogP contribution is 2.32. The summed E-state index contributed by atoms with van der Waals surface area (Å²) in [4.78, 5) is 19.9. The number of anilines is 2. The number of hydrogen-bond donors (Lipinski definition) is 2. The maximum Gasteiger partial charge on any atom is 0.256 e. The normalized spacial score (nSPS) is 19.2. The van der Waals surface area contributed by atoms with Crippen molar-refractivity contribution in [3.8, 4) is 28.8 Å². The molecule has 1 saturated carbocycles. The molecular weight excluding hydrogens is 612 g/mol. The van der Waals surface area contributed by atoms with Crippen LogP contribution in [-0.4, -0.2) is 87.6 Å².